The maximum absolute atomic E-state index is 5.16. The minimum absolute atomic E-state index is 0.671. The van der Waals surface area contributed by atoms with Crippen LogP contribution in [0.25, 0.3) is 0 Å². The van der Waals surface area contributed by atoms with E-state index in [-0.39, 0.29) is 0 Å². The number of hydrogen-bond acceptors (Lipinski definition) is 2. The predicted molar refractivity (Wildman–Crippen MR) is 65.1 cm³/mol. The standard InChI is InChI=1S/C13H21NO/c1-11(2)8-9-14-13-7-5-4-6-12(13)10-15-3/h4-7,11,14H,8-10H2,1-3H3. The van der Waals surface area contributed by atoms with E-state index in [9.17, 15) is 0 Å². The molecule has 0 bridgehead atoms. The van der Waals surface area contributed by atoms with Gasteiger partial charge in [-0.2, -0.15) is 0 Å². The zero-order chi connectivity index (χ0) is 11.1. The van der Waals surface area contributed by atoms with E-state index in [0.29, 0.717) is 6.61 Å². The van der Waals surface area contributed by atoms with E-state index >= 15 is 0 Å². The number of rotatable bonds is 6. The van der Waals surface area contributed by atoms with Crippen LogP contribution >= 0.6 is 0 Å². The summed E-state index contributed by atoms with van der Waals surface area (Å²) in [6.45, 7) is 6.18. The van der Waals surface area contributed by atoms with Gasteiger partial charge in [0.05, 0.1) is 6.61 Å². The number of ether oxygens (including phenoxy) is 1. The average molecular weight is 207 g/mol. The van der Waals surface area contributed by atoms with Crippen LogP contribution in [0, 0.1) is 5.92 Å². The van der Waals surface area contributed by atoms with Crippen LogP contribution in [0.1, 0.15) is 25.8 Å². The fourth-order valence-electron chi connectivity index (χ4n) is 1.47. The Morgan fingerprint density at radius 1 is 1.27 bits per heavy atom. The van der Waals surface area contributed by atoms with Crippen molar-refractivity contribution in [3.05, 3.63) is 29.8 Å². The van der Waals surface area contributed by atoms with Gasteiger partial charge in [-0.1, -0.05) is 32.0 Å². The molecule has 0 saturated heterocycles. The summed E-state index contributed by atoms with van der Waals surface area (Å²) in [6, 6.07) is 8.30. The Kier molecular flexibility index (Phi) is 5.19. The maximum Gasteiger partial charge on any atom is 0.0733 e. The van der Waals surface area contributed by atoms with Crippen LogP contribution in [-0.2, 0) is 11.3 Å². The van der Waals surface area contributed by atoms with Gasteiger partial charge >= 0.3 is 0 Å². The molecule has 2 heteroatoms. The van der Waals surface area contributed by atoms with Crippen LogP contribution in [0.5, 0.6) is 0 Å². The second-order valence-corrected chi connectivity index (χ2v) is 4.20. The molecule has 2 nitrogen and oxygen atoms in total. The van der Waals surface area contributed by atoms with Crippen molar-refractivity contribution in [3.63, 3.8) is 0 Å². The minimum atomic E-state index is 0.671. The molecule has 84 valence electrons. The summed E-state index contributed by atoms with van der Waals surface area (Å²) in [5.74, 6) is 0.743. The second-order valence-electron chi connectivity index (χ2n) is 4.20. The molecular weight excluding hydrogens is 186 g/mol. The molecular formula is C13H21NO. The van der Waals surface area contributed by atoms with Gasteiger partial charge in [0.15, 0.2) is 0 Å². The summed E-state index contributed by atoms with van der Waals surface area (Å²) >= 11 is 0. The molecule has 1 aromatic rings. The molecule has 0 unspecified atom stereocenters. The third kappa shape index (κ3) is 4.34. The predicted octanol–water partition coefficient (Wildman–Crippen LogP) is 3.29. The van der Waals surface area contributed by atoms with E-state index in [1.54, 1.807) is 7.11 Å². The number of nitrogens with one attached hydrogen (secondary N) is 1. The highest BCUT2D eigenvalue weighted by Crippen LogP contribution is 2.16. The molecule has 0 fully saturated rings. The Balaban J connectivity index is 2.51. The van der Waals surface area contributed by atoms with Crippen molar-refractivity contribution < 1.29 is 4.74 Å². The van der Waals surface area contributed by atoms with Crippen LogP contribution in [0.15, 0.2) is 24.3 Å². The van der Waals surface area contributed by atoms with Crippen molar-refractivity contribution in [1.29, 1.82) is 0 Å². The molecule has 0 saturated carbocycles. The third-order valence-electron chi connectivity index (χ3n) is 2.35. The monoisotopic (exact) mass is 207 g/mol. The van der Waals surface area contributed by atoms with Gasteiger partial charge in [0.2, 0.25) is 0 Å². The Labute approximate surface area is 92.6 Å². The molecule has 0 aliphatic rings. The molecule has 1 rings (SSSR count). The van der Waals surface area contributed by atoms with Gasteiger partial charge in [0.1, 0.15) is 0 Å². The highest BCUT2D eigenvalue weighted by molar-refractivity contribution is 5.50. The summed E-state index contributed by atoms with van der Waals surface area (Å²) < 4.78 is 5.16. The fourth-order valence-corrected chi connectivity index (χ4v) is 1.47. The van der Waals surface area contributed by atoms with E-state index in [2.05, 4.69) is 37.4 Å². The molecule has 0 heterocycles. The normalized spacial score (nSPS) is 10.7. The first-order valence-corrected chi connectivity index (χ1v) is 5.54. The molecule has 0 aliphatic heterocycles. The molecule has 1 N–H and O–H groups in total. The van der Waals surface area contributed by atoms with Gasteiger partial charge in [-0.15, -0.1) is 0 Å². The molecule has 0 aliphatic carbocycles. The van der Waals surface area contributed by atoms with Gasteiger partial charge in [-0.3, -0.25) is 0 Å². The van der Waals surface area contributed by atoms with E-state index in [1.165, 1.54) is 17.7 Å². The summed E-state index contributed by atoms with van der Waals surface area (Å²) in [5, 5.41) is 3.45. The van der Waals surface area contributed by atoms with Crippen LogP contribution in [0.3, 0.4) is 0 Å². The van der Waals surface area contributed by atoms with E-state index in [1.807, 2.05) is 6.07 Å². The van der Waals surface area contributed by atoms with E-state index in [0.717, 1.165) is 12.5 Å². The van der Waals surface area contributed by atoms with Crippen LogP contribution in [0.2, 0.25) is 0 Å². The third-order valence-corrected chi connectivity index (χ3v) is 2.35. The summed E-state index contributed by atoms with van der Waals surface area (Å²) in [4.78, 5) is 0. The topological polar surface area (TPSA) is 21.3 Å². The van der Waals surface area contributed by atoms with Gasteiger partial charge in [-0.05, 0) is 18.4 Å². The molecule has 15 heavy (non-hydrogen) atoms. The van der Waals surface area contributed by atoms with E-state index in [4.69, 9.17) is 4.74 Å². The fraction of sp³-hybridized carbons (Fsp3) is 0.538. The first-order valence-electron chi connectivity index (χ1n) is 5.54. The van der Waals surface area contributed by atoms with Gasteiger partial charge < -0.3 is 10.1 Å². The number of anilines is 1. The Morgan fingerprint density at radius 2 is 2.00 bits per heavy atom. The lowest BCUT2D eigenvalue weighted by Gasteiger charge is -2.12. The summed E-state index contributed by atoms with van der Waals surface area (Å²) in [5.41, 5.74) is 2.42. The second kappa shape index (κ2) is 6.46. The van der Waals surface area contributed by atoms with Crippen molar-refractivity contribution in [3.8, 4) is 0 Å². The van der Waals surface area contributed by atoms with Crippen molar-refractivity contribution >= 4 is 5.69 Å². The molecule has 0 radical (unpaired) electrons. The maximum atomic E-state index is 5.16. The van der Waals surface area contributed by atoms with Crippen LogP contribution in [0.4, 0.5) is 5.69 Å². The quantitative estimate of drug-likeness (QED) is 0.773. The lowest BCUT2D eigenvalue weighted by Crippen LogP contribution is -2.07. The highest BCUT2D eigenvalue weighted by Gasteiger charge is 2.00. The summed E-state index contributed by atoms with van der Waals surface area (Å²) in [6.07, 6.45) is 1.20. The van der Waals surface area contributed by atoms with Crippen LogP contribution in [-0.4, -0.2) is 13.7 Å². The SMILES string of the molecule is COCc1ccccc1NCCC(C)C. The summed E-state index contributed by atoms with van der Waals surface area (Å²) in [7, 11) is 1.73. The van der Waals surface area contributed by atoms with Crippen LogP contribution < -0.4 is 5.32 Å². The Morgan fingerprint density at radius 3 is 2.67 bits per heavy atom. The lowest BCUT2D eigenvalue weighted by atomic mass is 10.1. The largest absolute Gasteiger partial charge is 0.385 e. The van der Waals surface area contributed by atoms with Crippen molar-refractivity contribution in [2.24, 2.45) is 5.92 Å². The van der Waals surface area contributed by atoms with Gasteiger partial charge in [0.25, 0.3) is 0 Å². The zero-order valence-corrected chi connectivity index (χ0v) is 9.92. The highest BCUT2D eigenvalue weighted by atomic mass is 16.5. The van der Waals surface area contributed by atoms with Crippen molar-refractivity contribution in [1.82, 2.24) is 0 Å². The van der Waals surface area contributed by atoms with Gasteiger partial charge in [-0.25, -0.2) is 0 Å². The molecule has 0 atom stereocenters. The molecule has 0 amide bonds. The van der Waals surface area contributed by atoms with Crippen molar-refractivity contribution in [2.45, 2.75) is 26.9 Å². The van der Waals surface area contributed by atoms with Gasteiger partial charge in [0, 0.05) is 24.9 Å². The zero-order valence-electron chi connectivity index (χ0n) is 9.92. The Bertz CT molecular complexity index is 284. The number of hydrogen-bond donors (Lipinski definition) is 1. The number of benzene rings is 1. The van der Waals surface area contributed by atoms with Crippen molar-refractivity contribution in [2.75, 3.05) is 19.0 Å². The molecule has 0 aromatic heterocycles. The average Bonchev–Trinajstić information content (AvgIpc) is 2.20. The minimum Gasteiger partial charge on any atom is -0.385 e. The van der Waals surface area contributed by atoms with E-state index < -0.39 is 0 Å². The number of methoxy groups -OCH3 is 1. The lowest BCUT2D eigenvalue weighted by molar-refractivity contribution is 0.185. The number of para-hydroxylation sites is 1. The molecule has 1 aromatic carbocycles. The first kappa shape index (κ1) is 12.1. The first-order chi connectivity index (χ1) is 7.24. The Hall–Kier alpha value is -1.02. The molecule has 0 spiro atoms. The smallest absolute Gasteiger partial charge is 0.0733 e.